The Morgan fingerprint density at radius 1 is 1.54 bits per heavy atom. The van der Waals surface area contributed by atoms with Crippen molar-refractivity contribution in [2.45, 2.75) is 11.7 Å². The Morgan fingerprint density at radius 2 is 2.15 bits per heavy atom. The molecule has 0 fully saturated rings. The molecular weight excluding hydrogens is 191 g/mol. The highest BCUT2D eigenvalue weighted by Crippen LogP contribution is 2.03. The third-order valence-electron chi connectivity index (χ3n) is 1.45. The minimum atomic E-state index is -0.425. The van der Waals surface area contributed by atoms with E-state index in [9.17, 15) is 4.39 Å². The van der Waals surface area contributed by atoms with Gasteiger partial charge in [0, 0.05) is 18.8 Å². The van der Waals surface area contributed by atoms with Crippen molar-refractivity contribution >= 4 is 12.6 Å². The molecule has 0 radical (unpaired) electrons. The summed E-state index contributed by atoms with van der Waals surface area (Å²) < 4.78 is 17.3. The molecule has 0 aliphatic heterocycles. The van der Waals surface area contributed by atoms with Crippen LogP contribution in [0, 0.1) is 5.82 Å². The quantitative estimate of drug-likeness (QED) is 0.743. The van der Waals surface area contributed by atoms with Crippen molar-refractivity contribution in [3.05, 3.63) is 24.0 Å². The molecule has 1 aromatic heterocycles. The largest absolute Gasteiger partial charge is 0.384 e. The lowest BCUT2D eigenvalue weighted by Gasteiger charge is -2.07. The molecule has 0 N–H and O–H groups in total. The van der Waals surface area contributed by atoms with E-state index in [-0.39, 0.29) is 5.25 Å². The lowest BCUT2D eigenvalue weighted by molar-refractivity contribution is 0.199. The zero-order valence-corrected chi connectivity index (χ0v) is 8.17. The summed E-state index contributed by atoms with van der Waals surface area (Å²) in [6, 6.07) is 0. The molecule has 72 valence electrons. The minimum absolute atomic E-state index is 0.0514. The van der Waals surface area contributed by atoms with Crippen LogP contribution in [0.1, 0.15) is 5.82 Å². The summed E-state index contributed by atoms with van der Waals surface area (Å²) in [4.78, 5) is 7.62. The number of rotatable bonds is 4. The van der Waals surface area contributed by atoms with Crippen molar-refractivity contribution in [3.63, 3.8) is 0 Å². The third kappa shape index (κ3) is 3.69. The van der Waals surface area contributed by atoms with Crippen LogP contribution >= 0.6 is 12.6 Å². The molecule has 1 rings (SSSR count). The van der Waals surface area contributed by atoms with Gasteiger partial charge in [-0.2, -0.15) is 12.6 Å². The predicted molar refractivity (Wildman–Crippen MR) is 50.3 cm³/mol. The molecule has 0 unspecified atom stereocenters. The fourth-order valence-corrected chi connectivity index (χ4v) is 1.22. The first-order valence-corrected chi connectivity index (χ1v) is 4.37. The summed E-state index contributed by atoms with van der Waals surface area (Å²) in [6.45, 7) is 0.532. The zero-order chi connectivity index (χ0) is 9.68. The van der Waals surface area contributed by atoms with E-state index in [1.54, 1.807) is 7.11 Å². The standard InChI is InChI=1S/C8H11FN2OS/c1-12-5-7(13)2-8-10-3-6(9)4-11-8/h3-4,7,13H,2,5H2,1H3/t7-/m0/s1. The van der Waals surface area contributed by atoms with Crippen LogP contribution in [0.3, 0.4) is 0 Å². The van der Waals surface area contributed by atoms with Crippen LogP contribution in [0.15, 0.2) is 12.4 Å². The smallest absolute Gasteiger partial charge is 0.159 e. The van der Waals surface area contributed by atoms with Gasteiger partial charge in [0.25, 0.3) is 0 Å². The van der Waals surface area contributed by atoms with E-state index in [0.29, 0.717) is 18.9 Å². The maximum Gasteiger partial charge on any atom is 0.159 e. The van der Waals surface area contributed by atoms with Gasteiger partial charge in [-0.1, -0.05) is 0 Å². The lowest BCUT2D eigenvalue weighted by Crippen LogP contribution is -2.12. The van der Waals surface area contributed by atoms with Gasteiger partial charge in [0.05, 0.1) is 19.0 Å². The predicted octanol–water partition coefficient (Wildman–Crippen LogP) is 1.10. The maximum atomic E-state index is 12.4. The molecule has 0 spiro atoms. The number of ether oxygens (including phenoxy) is 1. The number of methoxy groups -OCH3 is 1. The lowest BCUT2D eigenvalue weighted by atomic mass is 10.3. The van der Waals surface area contributed by atoms with E-state index in [0.717, 1.165) is 12.4 Å². The molecule has 0 saturated heterocycles. The van der Waals surface area contributed by atoms with Crippen molar-refractivity contribution in [3.8, 4) is 0 Å². The first kappa shape index (κ1) is 10.4. The van der Waals surface area contributed by atoms with Gasteiger partial charge in [0.1, 0.15) is 5.82 Å². The Morgan fingerprint density at radius 3 is 2.69 bits per heavy atom. The number of nitrogens with zero attached hydrogens (tertiary/aromatic N) is 2. The van der Waals surface area contributed by atoms with Gasteiger partial charge in [-0.15, -0.1) is 0 Å². The number of halogens is 1. The van der Waals surface area contributed by atoms with Crippen molar-refractivity contribution in [2.24, 2.45) is 0 Å². The summed E-state index contributed by atoms with van der Waals surface area (Å²) in [5.74, 6) is 0.157. The first-order chi connectivity index (χ1) is 6.22. The molecule has 0 bridgehead atoms. The Kier molecular flexibility index (Phi) is 4.11. The molecule has 0 aromatic carbocycles. The fourth-order valence-electron chi connectivity index (χ4n) is 0.906. The summed E-state index contributed by atoms with van der Waals surface area (Å²) in [5.41, 5.74) is 0. The second-order valence-corrected chi connectivity index (χ2v) is 3.36. The normalized spacial score (nSPS) is 12.8. The van der Waals surface area contributed by atoms with E-state index >= 15 is 0 Å². The number of hydrogen-bond donors (Lipinski definition) is 1. The summed E-state index contributed by atoms with van der Waals surface area (Å²) >= 11 is 4.25. The van der Waals surface area contributed by atoms with Gasteiger partial charge in [0.2, 0.25) is 0 Å². The molecule has 13 heavy (non-hydrogen) atoms. The Labute approximate surface area is 81.8 Å². The minimum Gasteiger partial charge on any atom is -0.384 e. The van der Waals surface area contributed by atoms with Crippen LogP contribution in [0.2, 0.25) is 0 Å². The van der Waals surface area contributed by atoms with E-state index in [1.807, 2.05) is 0 Å². The topological polar surface area (TPSA) is 35.0 Å². The first-order valence-electron chi connectivity index (χ1n) is 3.86. The Hall–Kier alpha value is -0.680. The van der Waals surface area contributed by atoms with E-state index in [4.69, 9.17) is 4.74 Å². The van der Waals surface area contributed by atoms with Gasteiger partial charge in [0.15, 0.2) is 5.82 Å². The summed E-state index contributed by atoms with van der Waals surface area (Å²) in [6.07, 6.45) is 2.88. The van der Waals surface area contributed by atoms with Crippen molar-refractivity contribution in [1.29, 1.82) is 0 Å². The second kappa shape index (κ2) is 5.14. The van der Waals surface area contributed by atoms with Crippen molar-refractivity contribution in [2.75, 3.05) is 13.7 Å². The van der Waals surface area contributed by atoms with Gasteiger partial charge in [-0.05, 0) is 0 Å². The van der Waals surface area contributed by atoms with Crippen LogP contribution in [0.5, 0.6) is 0 Å². The highest BCUT2D eigenvalue weighted by molar-refractivity contribution is 7.81. The summed E-state index contributed by atoms with van der Waals surface area (Å²) in [7, 11) is 1.61. The SMILES string of the molecule is COC[C@@H](S)Cc1ncc(F)cn1. The molecule has 0 amide bonds. The molecule has 1 aromatic rings. The van der Waals surface area contributed by atoms with Crippen LogP contribution in [-0.4, -0.2) is 28.9 Å². The number of aromatic nitrogens is 2. The van der Waals surface area contributed by atoms with E-state index in [2.05, 4.69) is 22.6 Å². The molecule has 0 aliphatic carbocycles. The molecule has 0 aliphatic rings. The van der Waals surface area contributed by atoms with Crippen LogP contribution < -0.4 is 0 Å². The molecule has 1 heterocycles. The van der Waals surface area contributed by atoms with Crippen molar-refractivity contribution in [1.82, 2.24) is 9.97 Å². The maximum absolute atomic E-state index is 12.4. The highest BCUT2D eigenvalue weighted by Gasteiger charge is 2.05. The van der Waals surface area contributed by atoms with E-state index < -0.39 is 5.82 Å². The van der Waals surface area contributed by atoms with Gasteiger partial charge < -0.3 is 4.74 Å². The summed E-state index contributed by atoms with van der Waals surface area (Å²) in [5, 5.41) is 0.0514. The third-order valence-corrected chi connectivity index (χ3v) is 1.78. The fraction of sp³-hybridized carbons (Fsp3) is 0.500. The Bertz CT molecular complexity index is 255. The van der Waals surface area contributed by atoms with Gasteiger partial charge in [-0.25, -0.2) is 14.4 Å². The van der Waals surface area contributed by atoms with Gasteiger partial charge >= 0.3 is 0 Å². The zero-order valence-electron chi connectivity index (χ0n) is 7.27. The van der Waals surface area contributed by atoms with E-state index in [1.165, 1.54) is 0 Å². The van der Waals surface area contributed by atoms with Crippen LogP contribution in [-0.2, 0) is 11.2 Å². The monoisotopic (exact) mass is 202 g/mol. The molecule has 1 atom stereocenters. The molecule has 3 nitrogen and oxygen atoms in total. The second-order valence-electron chi connectivity index (χ2n) is 2.63. The van der Waals surface area contributed by atoms with Crippen LogP contribution in [0.4, 0.5) is 4.39 Å². The molecule has 5 heteroatoms. The molecule has 0 saturated carbocycles. The number of thiol groups is 1. The average molecular weight is 202 g/mol. The van der Waals surface area contributed by atoms with Crippen LogP contribution in [0.25, 0.3) is 0 Å². The molecular formula is C8H11FN2OS. The van der Waals surface area contributed by atoms with Crippen molar-refractivity contribution < 1.29 is 9.13 Å². The number of hydrogen-bond acceptors (Lipinski definition) is 4. The highest BCUT2D eigenvalue weighted by atomic mass is 32.1. The average Bonchev–Trinajstić information content (AvgIpc) is 2.09. The Balaban J connectivity index is 2.49. The van der Waals surface area contributed by atoms with Gasteiger partial charge in [-0.3, -0.25) is 0 Å².